The van der Waals surface area contributed by atoms with Crippen LogP contribution in [0.25, 0.3) is 0 Å². The lowest BCUT2D eigenvalue weighted by atomic mass is 9.84. The van der Waals surface area contributed by atoms with Crippen molar-refractivity contribution in [2.24, 2.45) is 0 Å². The Morgan fingerprint density at radius 3 is 2.21 bits per heavy atom. The Morgan fingerprint density at radius 1 is 1.00 bits per heavy atom. The van der Waals surface area contributed by atoms with E-state index in [1.54, 1.807) is 0 Å². The largest absolute Gasteiger partial charge is 0.300 e. The molecule has 2 nitrogen and oxygen atoms in total. The molecule has 0 radical (unpaired) electrons. The minimum atomic E-state index is 0.0744. The zero-order valence-corrected chi connectivity index (χ0v) is 11.7. The summed E-state index contributed by atoms with van der Waals surface area (Å²) in [7, 11) is 0. The van der Waals surface area contributed by atoms with Crippen LogP contribution < -0.4 is 0 Å². The Labute approximate surface area is 115 Å². The average molecular weight is 258 g/mol. The van der Waals surface area contributed by atoms with Gasteiger partial charge in [0.2, 0.25) is 0 Å². The third kappa shape index (κ3) is 4.02. The molecule has 0 bridgehead atoms. The van der Waals surface area contributed by atoms with E-state index >= 15 is 0 Å². The molecule has 1 saturated carbocycles. The van der Waals surface area contributed by atoms with Gasteiger partial charge >= 0.3 is 0 Å². The summed E-state index contributed by atoms with van der Waals surface area (Å²) in [6.07, 6.45) is 7.24. The first kappa shape index (κ1) is 14.0. The summed E-state index contributed by atoms with van der Waals surface area (Å²) in [5, 5.41) is 0. The number of carbonyl (C=O) groups excluding carboxylic acids is 2. The predicted molar refractivity (Wildman–Crippen MR) is 76.5 cm³/mol. The van der Waals surface area contributed by atoms with Crippen molar-refractivity contribution < 1.29 is 9.59 Å². The van der Waals surface area contributed by atoms with Gasteiger partial charge in [-0.1, -0.05) is 43.5 Å². The molecular weight excluding hydrogens is 236 g/mol. The number of ketones is 2. The van der Waals surface area contributed by atoms with Crippen LogP contribution >= 0.6 is 0 Å². The van der Waals surface area contributed by atoms with E-state index in [1.165, 1.54) is 44.6 Å². The van der Waals surface area contributed by atoms with E-state index in [9.17, 15) is 9.59 Å². The van der Waals surface area contributed by atoms with Crippen molar-refractivity contribution in [3.8, 4) is 0 Å². The van der Waals surface area contributed by atoms with Gasteiger partial charge < -0.3 is 4.79 Å². The first-order valence-corrected chi connectivity index (χ1v) is 7.29. The highest BCUT2D eigenvalue weighted by molar-refractivity contribution is 5.97. The van der Waals surface area contributed by atoms with E-state index < -0.39 is 0 Å². The Hall–Kier alpha value is -1.44. The lowest BCUT2D eigenvalue weighted by Gasteiger charge is -2.22. The summed E-state index contributed by atoms with van der Waals surface area (Å²) in [6, 6.07) is 8.03. The van der Waals surface area contributed by atoms with Gasteiger partial charge in [0.15, 0.2) is 5.78 Å². The minimum absolute atomic E-state index is 0.0744. The van der Waals surface area contributed by atoms with E-state index in [4.69, 9.17) is 0 Å². The van der Waals surface area contributed by atoms with Crippen LogP contribution in [-0.4, -0.2) is 11.6 Å². The van der Waals surface area contributed by atoms with Crippen LogP contribution in [0.15, 0.2) is 24.3 Å². The number of carbonyl (C=O) groups is 2. The topological polar surface area (TPSA) is 34.1 Å². The molecule has 1 aromatic rings. The highest BCUT2D eigenvalue weighted by Crippen LogP contribution is 2.32. The van der Waals surface area contributed by atoms with Crippen molar-refractivity contribution in [1.82, 2.24) is 0 Å². The summed E-state index contributed by atoms with van der Waals surface area (Å²) in [6.45, 7) is 1.53. The summed E-state index contributed by atoms with van der Waals surface area (Å²) in [4.78, 5) is 22.8. The molecule has 2 rings (SSSR count). The molecule has 19 heavy (non-hydrogen) atoms. The molecule has 0 amide bonds. The van der Waals surface area contributed by atoms with Gasteiger partial charge in [0, 0.05) is 18.4 Å². The van der Waals surface area contributed by atoms with Gasteiger partial charge in [-0.15, -0.1) is 0 Å². The van der Waals surface area contributed by atoms with Crippen LogP contribution in [0.2, 0.25) is 0 Å². The van der Waals surface area contributed by atoms with Crippen molar-refractivity contribution in [3.05, 3.63) is 35.4 Å². The molecule has 0 unspecified atom stereocenters. The quantitative estimate of drug-likeness (QED) is 0.738. The number of Topliss-reactive ketones (excluding diaryl/α,β-unsaturated/α-hetero) is 2. The van der Waals surface area contributed by atoms with Crippen molar-refractivity contribution in [1.29, 1.82) is 0 Å². The molecule has 0 aliphatic heterocycles. The number of rotatable bonds is 5. The molecule has 1 aliphatic carbocycles. The summed E-state index contributed by atoms with van der Waals surface area (Å²) >= 11 is 0. The van der Waals surface area contributed by atoms with Gasteiger partial charge in [0.25, 0.3) is 0 Å². The van der Waals surface area contributed by atoms with E-state index in [-0.39, 0.29) is 11.6 Å². The Kier molecular flexibility index (Phi) is 4.89. The first-order valence-electron chi connectivity index (χ1n) is 7.29. The molecule has 0 atom stereocenters. The average Bonchev–Trinajstić information content (AvgIpc) is 2.46. The second-order valence-electron chi connectivity index (χ2n) is 5.58. The van der Waals surface area contributed by atoms with Gasteiger partial charge in [-0.05, 0) is 31.2 Å². The lowest BCUT2D eigenvalue weighted by Crippen LogP contribution is -2.06. The molecule has 0 heterocycles. The molecule has 1 aromatic carbocycles. The maximum absolute atomic E-state index is 11.9. The number of benzene rings is 1. The fourth-order valence-corrected chi connectivity index (χ4v) is 2.81. The summed E-state index contributed by atoms with van der Waals surface area (Å²) in [5.41, 5.74) is 2.10. The smallest absolute Gasteiger partial charge is 0.163 e. The van der Waals surface area contributed by atoms with E-state index in [0.717, 1.165) is 5.56 Å². The molecule has 0 N–H and O–H groups in total. The molecule has 0 spiro atoms. The predicted octanol–water partition coefficient (Wildman–Crippen LogP) is 4.29. The Morgan fingerprint density at radius 2 is 1.63 bits per heavy atom. The van der Waals surface area contributed by atoms with Crippen molar-refractivity contribution in [2.45, 2.75) is 57.8 Å². The van der Waals surface area contributed by atoms with Crippen LogP contribution in [-0.2, 0) is 4.79 Å². The van der Waals surface area contributed by atoms with Crippen LogP contribution in [0.1, 0.15) is 73.7 Å². The Bertz CT molecular complexity index is 439. The van der Waals surface area contributed by atoms with Gasteiger partial charge in [-0.3, -0.25) is 4.79 Å². The maximum atomic E-state index is 11.9. The van der Waals surface area contributed by atoms with Gasteiger partial charge in [0.1, 0.15) is 5.78 Å². The van der Waals surface area contributed by atoms with Gasteiger partial charge in [-0.25, -0.2) is 0 Å². The molecule has 102 valence electrons. The highest BCUT2D eigenvalue weighted by atomic mass is 16.1. The monoisotopic (exact) mass is 258 g/mol. The zero-order valence-electron chi connectivity index (χ0n) is 11.7. The molecule has 1 fully saturated rings. The second kappa shape index (κ2) is 6.65. The van der Waals surface area contributed by atoms with E-state index in [1.807, 2.05) is 12.1 Å². The molecule has 0 saturated heterocycles. The third-order valence-electron chi connectivity index (χ3n) is 4.01. The molecule has 2 heteroatoms. The number of hydrogen-bond donors (Lipinski definition) is 0. The maximum Gasteiger partial charge on any atom is 0.163 e. The van der Waals surface area contributed by atoms with Gasteiger partial charge in [-0.2, -0.15) is 0 Å². The van der Waals surface area contributed by atoms with Crippen molar-refractivity contribution in [2.75, 3.05) is 0 Å². The van der Waals surface area contributed by atoms with E-state index in [2.05, 4.69) is 12.1 Å². The summed E-state index contributed by atoms with van der Waals surface area (Å²) < 4.78 is 0. The summed E-state index contributed by atoms with van der Waals surface area (Å²) in [5.74, 6) is 0.827. The highest BCUT2D eigenvalue weighted by Gasteiger charge is 2.15. The Balaban J connectivity index is 1.97. The SMILES string of the molecule is CC(=O)CCC(=O)c1ccc(C2CCCCC2)cc1. The minimum Gasteiger partial charge on any atom is -0.300 e. The normalized spacial score (nSPS) is 16.3. The van der Waals surface area contributed by atoms with Crippen LogP contribution in [0.5, 0.6) is 0 Å². The van der Waals surface area contributed by atoms with Crippen LogP contribution in [0.3, 0.4) is 0 Å². The van der Waals surface area contributed by atoms with Crippen LogP contribution in [0, 0.1) is 0 Å². The molecule has 0 aromatic heterocycles. The molecular formula is C17H22O2. The standard InChI is InChI=1S/C17H22O2/c1-13(18)7-12-17(19)16-10-8-15(9-11-16)14-5-3-2-4-6-14/h8-11,14H,2-7,12H2,1H3. The second-order valence-corrected chi connectivity index (χ2v) is 5.58. The zero-order chi connectivity index (χ0) is 13.7. The lowest BCUT2D eigenvalue weighted by molar-refractivity contribution is -0.116. The van der Waals surface area contributed by atoms with E-state index in [0.29, 0.717) is 18.8 Å². The molecule has 1 aliphatic rings. The first-order chi connectivity index (χ1) is 9.16. The van der Waals surface area contributed by atoms with Crippen LogP contribution in [0.4, 0.5) is 0 Å². The fraction of sp³-hybridized carbons (Fsp3) is 0.529. The van der Waals surface area contributed by atoms with Gasteiger partial charge in [0.05, 0.1) is 0 Å². The fourth-order valence-electron chi connectivity index (χ4n) is 2.81. The third-order valence-corrected chi connectivity index (χ3v) is 4.01. The van der Waals surface area contributed by atoms with Crippen molar-refractivity contribution in [3.63, 3.8) is 0 Å². The number of hydrogen-bond acceptors (Lipinski definition) is 2. The van der Waals surface area contributed by atoms with Crippen molar-refractivity contribution >= 4 is 11.6 Å².